The first-order chi connectivity index (χ1) is 10.6. The van der Waals surface area contributed by atoms with Crippen molar-refractivity contribution in [2.24, 2.45) is 0 Å². The Labute approximate surface area is 144 Å². The van der Waals surface area contributed by atoms with Crippen LogP contribution in [-0.2, 0) is 4.74 Å². The summed E-state index contributed by atoms with van der Waals surface area (Å²) >= 11 is 7.14. The maximum absolute atomic E-state index is 11.5. The van der Waals surface area contributed by atoms with Gasteiger partial charge in [-0.2, -0.15) is 0 Å². The van der Waals surface area contributed by atoms with Crippen LogP contribution in [0.4, 0.5) is 10.5 Å². The van der Waals surface area contributed by atoms with E-state index in [-0.39, 0.29) is 17.5 Å². The summed E-state index contributed by atoms with van der Waals surface area (Å²) in [6.07, 6.45) is -0.752. The van der Waals surface area contributed by atoms with Crippen molar-refractivity contribution in [1.29, 1.82) is 10.8 Å². The number of rotatable bonds is 3. The molecular weight excluding hydrogens is 338 g/mol. The highest BCUT2D eigenvalue weighted by molar-refractivity contribution is 8.00. The third-order valence-electron chi connectivity index (χ3n) is 2.25. The number of amides is 1. The zero-order valence-electron chi connectivity index (χ0n) is 13.1. The van der Waals surface area contributed by atoms with Gasteiger partial charge in [-0.05, 0) is 39.0 Å². The van der Waals surface area contributed by atoms with E-state index in [4.69, 9.17) is 32.9 Å². The highest BCUT2D eigenvalue weighted by Crippen LogP contribution is 2.27. The van der Waals surface area contributed by atoms with E-state index in [2.05, 4.69) is 10.6 Å². The minimum atomic E-state index is -0.752. The molecule has 0 atom stereocenters. The van der Waals surface area contributed by atoms with Crippen molar-refractivity contribution in [2.45, 2.75) is 31.3 Å². The number of nitrogens with two attached hydrogens (primary N) is 1. The van der Waals surface area contributed by atoms with E-state index < -0.39 is 11.7 Å². The first-order valence-electron chi connectivity index (χ1n) is 6.67. The standard InChI is InChI=1S/C14H20ClN5O2S/c1-14(2,3)22-13(21)20-12(18)19-11(17)7-23-10-5-4-8(15)6-9(10)16/h4-6H,7,16H2,1-3H3,(H4,17,18,19,20,21). The van der Waals surface area contributed by atoms with E-state index in [9.17, 15) is 4.79 Å². The Hall–Kier alpha value is -1.93. The molecule has 0 aliphatic rings. The largest absolute Gasteiger partial charge is 0.444 e. The summed E-state index contributed by atoms with van der Waals surface area (Å²) in [6.45, 7) is 5.16. The SMILES string of the molecule is CC(C)(C)OC(=O)NC(=N)NC(=N)CSc1ccc(Cl)cc1N. The van der Waals surface area contributed by atoms with E-state index in [0.717, 1.165) is 4.90 Å². The van der Waals surface area contributed by atoms with Crippen LogP contribution >= 0.6 is 23.4 Å². The van der Waals surface area contributed by atoms with Gasteiger partial charge in [-0.25, -0.2) is 4.79 Å². The van der Waals surface area contributed by atoms with E-state index in [1.807, 2.05) is 0 Å². The predicted octanol–water partition coefficient (Wildman–Crippen LogP) is 3.04. The van der Waals surface area contributed by atoms with Crippen LogP contribution < -0.4 is 16.4 Å². The normalized spacial score (nSPS) is 10.8. The Kier molecular flexibility index (Phi) is 6.71. The van der Waals surface area contributed by atoms with Crippen LogP contribution in [0.5, 0.6) is 0 Å². The molecule has 1 amide bonds. The number of carbonyl (C=O) groups is 1. The van der Waals surface area contributed by atoms with Crippen LogP contribution in [-0.4, -0.2) is 29.2 Å². The van der Waals surface area contributed by atoms with Crippen molar-refractivity contribution in [1.82, 2.24) is 10.6 Å². The molecule has 126 valence electrons. The quantitative estimate of drug-likeness (QED) is 0.246. The number of alkyl carbamates (subject to hydrolysis) is 1. The van der Waals surface area contributed by atoms with Crippen LogP contribution in [0.1, 0.15) is 20.8 Å². The number of benzene rings is 1. The van der Waals surface area contributed by atoms with Crippen molar-refractivity contribution >= 4 is 46.9 Å². The Balaban J connectivity index is 2.41. The topological polar surface area (TPSA) is 124 Å². The molecule has 1 aromatic carbocycles. The number of halogens is 1. The van der Waals surface area contributed by atoms with Gasteiger partial charge in [0.1, 0.15) is 11.4 Å². The second-order valence-corrected chi connectivity index (χ2v) is 7.03. The van der Waals surface area contributed by atoms with Gasteiger partial charge in [0.05, 0.1) is 5.75 Å². The molecule has 0 radical (unpaired) electrons. The Morgan fingerprint density at radius 3 is 2.57 bits per heavy atom. The average molecular weight is 358 g/mol. The zero-order chi connectivity index (χ0) is 17.6. The lowest BCUT2D eigenvalue weighted by Gasteiger charge is -2.20. The van der Waals surface area contributed by atoms with E-state index in [1.165, 1.54) is 11.8 Å². The summed E-state index contributed by atoms with van der Waals surface area (Å²) in [6, 6.07) is 5.11. The highest BCUT2D eigenvalue weighted by Gasteiger charge is 2.17. The number of ether oxygens (including phenoxy) is 1. The summed E-state index contributed by atoms with van der Waals surface area (Å²) in [5, 5.41) is 20.6. The number of hydrogen-bond donors (Lipinski definition) is 5. The third-order valence-corrected chi connectivity index (χ3v) is 3.60. The van der Waals surface area contributed by atoms with Crippen LogP contribution in [0.3, 0.4) is 0 Å². The summed E-state index contributed by atoms with van der Waals surface area (Å²) in [5.41, 5.74) is 5.69. The van der Waals surface area contributed by atoms with Gasteiger partial charge in [-0.3, -0.25) is 16.1 Å². The maximum atomic E-state index is 11.5. The average Bonchev–Trinajstić information content (AvgIpc) is 2.34. The van der Waals surface area contributed by atoms with Crippen LogP contribution in [0.15, 0.2) is 23.1 Å². The highest BCUT2D eigenvalue weighted by atomic mass is 35.5. The molecule has 7 nitrogen and oxygen atoms in total. The van der Waals surface area contributed by atoms with Crippen molar-refractivity contribution in [3.05, 3.63) is 23.2 Å². The van der Waals surface area contributed by atoms with Crippen LogP contribution in [0.25, 0.3) is 0 Å². The lowest BCUT2D eigenvalue weighted by molar-refractivity contribution is 0.0561. The van der Waals surface area contributed by atoms with Crippen molar-refractivity contribution in [2.75, 3.05) is 11.5 Å². The zero-order valence-corrected chi connectivity index (χ0v) is 14.7. The Bertz CT molecular complexity index is 616. The third kappa shape index (κ3) is 7.75. The second kappa shape index (κ2) is 8.07. The summed E-state index contributed by atoms with van der Waals surface area (Å²) in [5.74, 6) is -0.0242. The number of guanidine groups is 1. The fourth-order valence-corrected chi connectivity index (χ4v) is 2.37. The lowest BCUT2D eigenvalue weighted by atomic mass is 10.2. The molecule has 6 N–H and O–H groups in total. The van der Waals surface area contributed by atoms with E-state index >= 15 is 0 Å². The molecular formula is C14H20ClN5O2S. The van der Waals surface area contributed by atoms with Gasteiger partial charge in [-0.1, -0.05) is 11.6 Å². The maximum Gasteiger partial charge on any atom is 0.414 e. The Morgan fingerprint density at radius 2 is 2.00 bits per heavy atom. The molecule has 1 rings (SSSR count). The molecule has 0 fully saturated rings. The first-order valence-corrected chi connectivity index (χ1v) is 8.04. The summed E-state index contributed by atoms with van der Waals surface area (Å²) in [4.78, 5) is 12.3. The molecule has 0 heterocycles. The van der Waals surface area contributed by atoms with Gasteiger partial charge in [0.25, 0.3) is 0 Å². The molecule has 0 spiro atoms. The molecule has 23 heavy (non-hydrogen) atoms. The smallest absolute Gasteiger partial charge is 0.414 e. The van der Waals surface area contributed by atoms with Crippen molar-refractivity contribution in [3.63, 3.8) is 0 Å². The number of nitrogens with one attached hydrogen (secondary N) is 4. The van der Waals surface area contributed by atoms with Crippen molar-refractivity contribution < 1.29 is 9.53 Å². The lowest BCUT2D eigenvalue weighted by Crippen LogP contribution is -2.45. The fraction of sp³-hybridized carbons (Fsp3) is 0.357. The van der Waals surface area contributed by atoms with Gasteiger partial charge in [0, 0.05) is 15.6 Å². The van der Waals surface area contributed by atoms with Gasteiger partial charge in [0.15, 0.2) is 0 Å². The molecule has 0 aromatic heterocycles. The molecule has 0 aliphatic carbocycles. The molecule has 0 aliphatic heterocycles. The number of nitrogen functional groups attached to an aromatic ring is 1. The van der Waals surface area contributed by atoms with E-state index in [0.29, 0.717) is 10.7 Å². The molecule has 0 bridgehead atoms. The van der Waals surface area contributed by atoms with Crippen molar-refractivity contribution in [3.8, 4) is 0 Å². The second-order valence-electron chi connectivity index (χ2n) is 5.58. The molecule has 1 aromatic rings. The minimum absolute atomic E-state index is 0.0467. The fourth-order valence-electron chi connectivity index (χ4n) is 1.42. The van der Waals surface area contributed by atoms with Crippen LogP contribution in [0.2, 0.25) is 5.02 Å². The monoisotopic (exact) mass is 357 g/mol. The minimum Gasteiger partial charge on any atom is -0.444 e. The number of amidine groups is 1. The van der Waals surface area contributed by atoms with Gasteiger partial charge >= 0.3 is 6.09 Å². The molecule has 0 unspecified atom stereocenters. The van der Waals surface area contributed by atoms with Gasteiger partial charge < -0.3 is 15.8 Å². The number of hydrogen-bond acceptors (Lipinski definition) is 6. The number of anilines is 1. The molecule has 0 saturated heterocycles. The predicted molar refractivity (Wildman–Crippen MR) is 94.5 cm³/mol. The number of thioether (sulfide) groups is 1. The first kappa shape index (κ1) is 19.1. The van der Waals surface area contributed by atoms with Crippen LogP contribution in [0, 0.1) is 10.8 Å². The van der Waals surface area contributed by atoms with E-state index in [1.54, 1.807) is 39.0 Å². The molecule has 0 saturated carbocycles. The number of carbonyl (C=O) groups excluding carboxylic acids is 1. The summed E-state index contributed by atoms with van der Waals surface area (Å²) in [7, 11) is 0. The Morgan fingerprint density at radius 1 is 1.35 bits per heavy atom. The summed E-state index contributed by atoms with van der Waals surface area (Å²) < 4.78 is 5.01. The molecule has 9 heteroatoms. The van der Waals surface area contributed by atoms with Gasteiger partial charge in [0.2, 0.25) is 5.96 Å². The van der Waals surface area contributed by atoms with Gasteiger partial charge in [-0.15, -0.1) is 11.8 Å².